The lowest BCUT2D eigenvalue weighted by Crippen LogP contribution is -2.49. The lowest BCUT2D eigenvalue weighted by Gasteiger charge is -2.40. The van der Waals surface area contributed by atoms with E-state index in [-0.39, 0.29) is 19.2 Å². The zero-order valence-corrected chi connectivity index (χ0v) is 28.6. The van der Waals surface area contributed by atoms with E-state index in [1.165, 1.54) is 4.90 Å². The van der Waals surface area contributed by atoms with E-state index in [9.17, 15) is 14.7 Å². The van der Waals surface area contributed by atoms with Crippen LogP contribution in [0.2, 0.25) is 0 Å². The van der Waals surface area contributed by atoms with Crippen molar-refractivity contribution in [2.75, 3.05) is 26.2 Å². The first kappa shape index (κ1) is 34.3. The number of alkyl halides is 1. The van der Waals surface area contributed by atoms with E-state index >= 15 is 4.39 Å². The molecule has 10 heteroatoms. The monoisotopic (exact) mass is 712 g/mol. The average molecular weight is 715 g/mol. The van der Waals surface area contributed by atoms with Crippen molar-refractivity contribution in [3.05, 3.63) is 68.6 Å². The number of hydrogen-bond donors (Lipinski definition) is 1. The average Bonchev–Trinajstić information content (AvgIpc) is 2.88. The maximum atomic E-state index is 15.2. The van der Waals surface area contributed by atoms with E-state index in [0.717, 1.165) is 20.9 Å². The van der Waals surface area contributed by atoms with Crippen LogP contribution in [0.4, 0.5) is 14.0 Å². The summed E-state index contributed by atoms with van der Waals surface area (Å²) in [6.07, 6.45) is 1.65. The van der Waals surface area contributed by atoms with Crippen LogP contribution in [0.25, 0.3) is 0 Å². The molecule has 4 rings (SSSR count). The van der Waals surface area contributed by atoms with Gasteiger partial charge in [0.15, 0.2) is 5.67 Å². The van der Waals surface area contributed by atoms with E-state index in [0.29, 0.717) is 37.9 Å². The van der Waals surface area contributed by atoms with Gasteiger partial charge in [0.05, 0.1) is 13.1 Å². The topological polar surface area (TPSA) is 79.3 Å². The summed E-state index contributed by atoms with van der Waals surface area (Å²) in [5.41, 5.74) is -2.15. The van der Waals surface area contributed by atoms with Crippen molar-refractivity contribution < 1.29 is 28.6 Å². The maximum Gasteiger partial charge on any atom is 0.410 e. The Kier molecular flexibility index (Phi) is 11.1. The molecule has 2 saturated heterocycles. The molecule has 2 aromatic rings. The Bertz CT molecular complexity index is 1120. The minimum Gasteiger partial charge on any atom is -0.444 e. The molecule has 0 aliphatic carbocycles. The number of rotatable bonds is 2. The number of carbonyl (C=O) groups excluding carboxylic acids is 2. The fourth-order valence-corrected chi connectivity index (χ4v) is 5.52. The van der Waals surface area contributed by atoms with Crippen LogP contribution in [-0.4, -0.2) is 64.5 Å². The predicted octanol–water partition coefficient (Wildman–Crippen LogP) is 8.31. The summed E-state index contributed by atoms with van der Waals surface area (Å²) >= 11 is 6.74. The van der Waals surface area contributed by atoms with E-state index in [4.69, 9.17) is 9.47 Å². The first-order valence-electron chi connectivity index (χ1n) is 14.3. The highest BCUT2D eigenvalue weighted by Gasteiger charge is 2.40. The molecule has 2 heterocycles. The number of piperidine rings is 2. The third kappa shape index (κ3) is 9.95. The summed E-state index contributed by atoms with van der Waals surface area (Å²) in [7, 11) is 0. The molecule has 7 nitrogen and oxygen atoms in total. The summed E-state index contributed by atoms with van der Waals surface area (Å²) in [5, 5.41) is 10.9. The van der Waals surface area contributed by atoms with Crippen molar-refractivity contribution >= 4 is 44.0 Å². The number of nitrogens with zero attached hydrogens (tertiary/aromatic N) is 2. The smallest absolute Gasteiger partial charge is 0.410 e. The van der Waals surface area contributed by atoms with Gasteiger partial charge in [0.2, 0.25) is 0 Å². The van der Waals surface area contributed by atoms with Crippen LogP contribution in [-0.2, 0) is 20.7 Å². The van der Waals surface area contributed by atoms with E-state index in [2.05, 4.69) is 31.9 Å². The van der Waals surface area contributed by atoms with Crippen LogP contribution in [0.5, 0.6) is 0 Å². The van der Waals surface area contributed by atoms with E-state index in [1.807, 2.05) is 77.9 Å². The summed E-state index contributed by atoms with van der Waals surface area (Å²) in [5.74, 6) is 0. The molecule has 0 radical (unpaired) electrons. The van der Waals surface area contributed by atoms with E-state index < -0.39 is 28.6 Å². The number of carbonyl (C=O) groups is 2. The highest BCUT2D eigenvalue weighted by Crippen LogP contribution is 2.37. The van der Waals surface area contributed by atoms with Crippen molar-refractivity contribution in [1.29, 1.82) is 0 Å². The van der Waals surface area contributed by atoms with Gasteiger partial charge in [-0.25, -0.2) is 14.0 Å². The molecular weight excluding hydrogens is 671 g/mol. The van der Waals surface area contributed by atoms with Gasteiger partial charge in [-0.1, -0.05) is 56.1 Å². The molecule has 2 aliphatic rings. The third-order valence-corrected chi connectivity index (χ3v) is 8.02. The Morgan fingerprint density at radius 3 is 1.60 bits per heavy atom. The van der Waals surface area contributed by atoms with E-state index in [1.54, 1.807) is 17.0 Å². The lowest BCUT2D eigenvalue weighted by atomic mass is 9.86. The lowest BCUT2D eigenvalue weighted by molar-refractivity contribution is -0.0465. The van der Waals surface area contributed by atoms with Crippen LogP contribution < -0.4 is 0 Å². The number of ether oxygens (including phenoxy) is 2. The Hall–Kier alpha value is -2.17. The minimum absolute atomic E-state index is 0.0452. The van der Waals surface area contributed by atoms with Crippen LogP contribution in [0.15, 0.2) is 57.5 Å². The molecule has 2 fully saturated rings. The second-order valence-electron chi connectivity index (χ2n) is 13.0. The molecule has 1 N–H and O–H groups in total. The normalized spacial score (nSPS) is 23.0. The number of aliphatic hydroxyl groups is 1. The molecule has 0 aromatic heterocycles. The van der Waals surface area contributed by atoms with Crippen LogP contribution in [0, 0.1) is 0 Å². The van der Waals surface area contributed by atoms with Gasteiger partial charge in [-0.3, -0.25) is 0 Å². The highest BCUT2D eigenvalue weighted by atomic mass is 79.9. The van der Waals surface area contributed by atoms with Crippen molar-refractivity contribution in [1.82, 2.24) is 9.80 Å². The summed E-state index contributed by atoms with van der Waals surface area (Å²) < 4.78 is 27.8. The van der Waals surface area contributed by atoms with Gasteiger partial charge >= 0.3 is 12.2 Å². The highest BCUT2D eigenvalue weighted by molar-refractivity contribution is 9.10. The first-order chi connectivity index (χ1) is 19.4. The van der Waals surface area contributed by atoms with Gasteiger partial charge in [0.1, 0.15) is 16.8 Å². The van der Waals surface area contributed by atoms with Crippen LogP contribution >= 0.6 is 31.9 Å². The Labute approximate surface area is 266 Å². The molecule has 232 valence electrons. The van der Waals surface area contributed by atoms with Gasteiger partial charge in [-0.2, -0.15) is 0 Å². The van der Waals surface area contributed by atoms with Gasteiger partial charge in [0.25, 0.3) is 0 Å². The van der Waals surface area contributed by atoms with Gasteiger partial charge < -0.3 is 24.4 Å². The Morgan fingerprint density at radius 1 is 0.738 bits per heavy atom. The summed E-state index contributed by atoms with van der Waals surface area (Å²) in [6, 6.07) is 14.8. The third-order valence-electron chi connectivity index (χ3n) is 6.96. The summed E-state index contributed by atoms with van der Waals surface area (Å²) in [6.45, 7) is 12.4. The molecule has 2 unspecified atom stereocenters. The maximum absolute atomic E-state index is 15.2. The number of likely N-dealkylation sites (tertiary alicyclic amines) is 2. The number of halogens is 3. The van der Waals surface area contributed by atoms with Crippen molar-refractivity contribution in [2.24, 2.45) is 0 Å². The number of hydrogen-bond acceptors (Lipinski definition) is 5. The minimum atomic E-state index is -1.50. The standard InChI is InChI=1S/C16H21BrFNO2.C16H22BrNO3/c1-15(2,3)21-14(20)19-10-4-9-16(18,11-19)12-5-7-13(17)8-6-12;1-15(2,3)21-14(19)18-10-4-9-16(20,11-18)12-5-7-13(17)8-6-12/h5-8H,4,9-11H2,1-3H3;5-8,20H,4,9-11H2,1-3H3. The number of amides is 2. The molecule has 0 bridgehead atoms. The second kappa shape index (κ2) is 13.6. The molecule has 0 spiro atoms. The fraction of sp³-hybridized carbons (Fsp3) is 0.562. The first-order valence-corrected chi connectivity index (χ1v) is 15.9. The Balaban J connectivity index is 0.000000230. The SMILES string of the molecule is CC(C)(C)OC(=O)N1CCCC(F)(c2ccc(Br)cc2)C1.CC(C)(C)OC(=O)N1CCCC(O)(c2ccc(Br)cc2)C1. The quantitative estimate of drug-likeness (QED) is 0.339. The predicted molar refractivity (Wildman–Crippen MR) is 169 cm³/mol. The molecule has 42 heavy (non-hydrogen) atoms. The fourth-order valence-electron chi connectivity index (χ4n) is 4.99. The molecule has 0 saturated carbocycles. The Morgan fingerprint density at radius 2 is 1.14 bits per heavy atom. The van der Waals surface area contributed by atoms with Crippen molar-refractivity contribution in [2.45, 2.75) is 89.7 Å². The largest absolute Gasteiger partial charge is 0.444 e. The molecule has 2 amide bonds. The van der Waals surface area contributed by atoms with Crippen molar-refractivity contribution in [3.8, 4) is 0 Å². The second-order valence-corrected chi connectivity index (χ2v) is 14.9. The van der Waals surface area contributed by atoms with Gasteiger partial charge in [0, 0.05) is 22.0 Å². The zero-order chi connectivity index (χ0) is 31.3. The van der Waals surface area contributed by atoms with Gasteiger partial charge in [-0.05, 0) is 103 Å². The summed E-state index contributed by atoms with van der Waals surface area (Å²) in [4.78, 5) is 27.4. The number of β-amino-alcohol motifs (C(OH)–C–C–N with tert-alkyl or cyclic N) is 1. The zero-order valence-electron chi connectivity index (χ0n) is 25.4. The van der Waals surface area contributed by atoms with Crippen LogP contribution in [0.1, 0.15) is 78.4 Å². The van der Waals surface area contributed by atoms with Gasteiger partial charge in [-0.15, -0.1) is 0 Å². The van der Waals surface area contributed by atoms with Crippen LogP contribution in [0.3, 0.4) is 0 Å². The molecule has 2 atom stereocenters. The molecular formula is C32H43Br2FN2O5. The molecule has 2 aromatic carbocycles. The van der Waals surface area contributed by atoms with Crippen molar-refractivity contribution in [3.63, 3.8) is 0 Å². The number of benzene rings is 2. The molecule has 2 aliphatic heterocycles.